The van der Waals surface area contributed by atoms with E-state index >= 15 is 0 Å². The van der Waals surface area contributed by atoms with Crippen molar-refractivity contribution in [3.63, 3.8) is 0 Å². The van der Waals surface area contributed by atoms with Crippen molar-refractivity contribution in [1.29, 1.82) is 0 Å². The lowest BCUT2D eigenvalue weighted by Crippen LogP contribution is -1.86. The normalized spacial score (nSPS) is 10.9. The maximum Gasteiger partial charge on any atom is 0.0502 e. The van der Waals surface area contributed by atoms with E-state index < -0.39 is 0 Å². The van der Waals surface area contributed by atoms with E-state index in [-0.39, 0.29) is 0 Å². The summed E-state index contributed by atoms with van der Waals surface area (Å²) in [6.07, 6.45) is 2.07. The van der Waals surface area contributed by atoms with Crippen LogP contribution in [0.1, 0.15) is 4.88 Å². The molecule has 0 unspecified atom stereocenters. The van der Waals surface area contributed by atoms with Crippen molar-refractivity contribution in [3.8, 4) is 0 Å². The van der Waals surface area contributed by atoms with Crippen LogP contribution in [0.2, 0.25) is 0 Å². The average molecular weight is 209 g/mol. The number of aryl methyl sites for hydroxylation is 1. The minimum Gasteiger partial charge on any atom is -0.398 e. The number of thioether (sulfide) groups is 1. The van der Waals surface area contributed by atoms with E-state index in [1.54, 1.807) is 11.8 Å². The predicted molar refractivity (Wildman–Crippen MR) is 62.8 cm³/mol. The van der Waals surface area contributed by atoms with Gasteiger partial charge in [-0.25, -0.2) is 0 Å². The zero-order chi connectivity index (χ0) is 9.42. The Morgan fingerprint density at radius 3 is 2.85 bits per heavy atom. The van der Waals surface area contributed by atoms with Crippen LogP contribution in [-0.4, -0.2) is 6.26 Å². The first-order valence-electron chi connectivity index (χ1n) is 4.05. The summed E-state index contributed by atoms with van der Waals surface area (Å²) in [7, 11) is 0. The SMILES string of the molecule is CSc1c(N)ccc2cc(C)sc12. The number of benzene rings is 1. The molecule has 1 nitrogen and oxygen atoms in total. The van der Waals surface area contributed by atoms with E-state index in [1.165, 1.54) is 19.9 Å². The molecule has 0 saturated heterocycles. The quantitative estimate of drug-likeness (QED) is 0.574. The first kappa shape index (κ1) is 8.91. The molecule has 0 aliphatic heterocycles. The molecule has 1 aromatic heterocycles. The van der Waals surface area contributed by atoms with Gasteiger partial charge in [0.25, 0.3) is 0 Å². The Balaban J connectivity index is 2.82. The number of anilines is 1. The van der Waals surface area contributed by atoms with E-state index in [4.69, 9.17) is 5.73 Å². The zero-order valence-corrected chi connectivity index (χ0v) is 9.26. The van der Waals surface area contributed by atoms with Gasteiger partial charge in [0.15, 0.2) is 0 Å². The molecule has 2 N–H and O–H groups in total. The van der Waals surface area contributed by atoms with Crippen LogP contribution < -0.4 is 5.73 Å². The number of nitrogen functional groups attached to an aromatic ring is 1. The smallest absolute Gasteiger partial charge is 0.0502 e. The first-order chi connectivity index (χ1) is 6.22. The molecule has 0 spiro atoms. The van der Waals surface area contributed by atoms with Crippen LogP contribution in [0.25, 0.3) is 10.1 Å². The van der Waals surface area contributed by atoms with E-state index in [1.807, 2.05) is 17.4 Å². The highest BCUT2D eigenvalue weighted by molar-refractivity contribution is 7.99. The van der Waals surface area contributed by atoms with Gasteiger partial charge in [-0.1, -0.05) is 6.07 Å². The van der Waals surface area contributed by atoms with Crippen molar-refractivity contribution >= 4 is 38.9 Å². The van der Waals surface area contributed by atoms with Crippen LogP contribution >= 0.6 is 23.1 Å². The molecule has 2 aromatic rings. The third-order valence-electron chi connectivity index (χ3n) is 2.00. The van der Waals surface area contributed by atoms with Crippen molar-refractivity contribution < 1.29 is 0 Å². The molecule has 0 radical (unpaired) electrons. The van der Waals surface area contributed by atoms with Gasteiger partial charge in [0.1, 0.15) is 0 Å². The minimum absolute atomic E-state index is 0.891. The summed E-state index contributed by atoms with van der Waals surface area (Å²) < 4.78 is 1.32. The highest BCUT2D eigenvalue weighted by Gasteiger charge is 2.06. The van der Waals surface area contributed by atoms with E-state index in [9.17, 15) is 0 Å². The van der Waals surface area contributed by atoms with Gasteiger partial charge in [-0.2, -0.15) is 0 Å². The van der Waals surface area contributed by atoms with Crippen LogP contribution in [0.5, 0.6) is 0 Å². The predicted octanol–water partition coefficient (Wildman–Crippen LogP) is 3.51. The molecule has 0 aliphatic rings. The van der Waals surface area contributed by atoms with Crippen molar-refractivity contribution in [2.45, 2.75) is 11.8 Å². The number of nitrogens with two attached hydrogens (primary N) is 1. The molecule has 3 heteroatoms. The second kappa shape index (κ2) is 3.24. The highest BCUT2D eigenvalue weighted by Crippen LogP contribution is 2.36. The van der Waals surface area contributed by atoms with Crippen molar-refractivity contribution in [1.82, 2.24) is 0 Å². The number of hydrogen-bond acceptors (Lipinski definition) is 3. The molecule has 0 saturated carbocycles. The fourth-order valence-electron chi connectivity index (χ4n) is 1.43. The van der Waals surface area contributed by atoms with Gasteiger partial charge in [0.05, 0.1) is 4.70 Å². The average Bonchev–Trinajstić information content (AvgIpc) is 2.45. The van der Waals surface area contributed by atoms with Crippen LogP contribution in [-0.2, 0) is 0 Å². The third kappa shape index (κ3) is 1.42. The summed E-state index contributed by atoms with van der Waals surface area (Å²) in [5.74, 6) is 0. The Kier molecular flexibility index (Phi) is 2.22. The summed E-state index contributed by atoms with van der Waals surface area (Å²) in [6.45, 7) is 2.13. The summed E-state index contributed by atoms with van der Waals surface area (Å²) in [5.41, 5.74) is 6.78. The lowest BCUT2D eigenvalue weighted by molar-refractivity contribution is 1.58. The monoisotopic (exact) mass is 209 g/mol. The van der Waals surface area contributed by atoms with Gasteiger partial charge >= 0.3 is 0 Å². The molecule has 0 amide bonds. The van der Waals surface area contributed by atoms with Crippen molar-refractivity contribution in [3.05, 3.63) is 23.1 Å². The summed E-state index contributed by atoms with van der Waals surface area (Å²) in [4.78, 5) is 2.56. The molecule has 1 aromatic carbocycles. The summed E-state index contributed by atoms with van der Waals surface area (Å²) in [6, 6.07) is 6.29. The van der Waals surface area contributed by atoms with Gasteiger partial charge in [-0.3, -0.25) is 0 Å². The Bertz CT molecular complexity index is 445. The maximum absolute atomic E-state index is 5.89. The minimum atomic E-state index is 0.891. The Morgan fingerprint density at radius 2 is 2.15 bits per heavy atom. The molecular formula is C10H11NS2. The lowest BCUT2D eigenvalue weighted by Gasteiger charge is -2.02. The Labute approximate surface area is 85.9 Å². The summed E-state index contributed by atoms with van der Waals surface area (Å²) >= 11 is 3.54. The molecule has 0 aliphatic carbocycles. The molecule has 1 heterocycles. The highest BCUT2D eigenvalue weighted by atomic mass is 32.2. The molecule has 0 fully saturated rings. The topological polar surface area (TPSA) is 26.0 Å². The number of rotatable bonds is 1. The van der Waals surface area contributed by atoms with Gasteiger partial charge in [-0.05, 0) is 30.7 Å². The Morgan fingerprint density at radius 1 is 1.38 bits per heavy atom. The summed E-state index contributed by atoms with van der Waals surface area (Å²) in [5, 5.41) is 1.31. The molecule has 68 valence electrons. The van der Waals surface area contributed by atoms with Crippen LogP contribution in [0.3, 0.4) is 0 Å². The molecule has 13 heavy (non-hydrogen) atoms. The Hall–Kier alpha value is -0.670. The van der Waals surface area contributed by atoms with Gasteiger partial charge in [0, 0.05) is 15.5 Å². The third-order valence-corrected chi connectivity index (χ3v) is 4.06. The van der Waals surface area contributed by atoms with Crippen LogP contribution in [0, 0.1) is 6.92 Å². The van der Waals surface area contributed by atoms with E-state index in [0.717, 1.165) is 5.69 Å². The van der Waals surface area contributed by atoms with Gasteiger partial charge < -0.3 is 5.73 Å². The van der Waals surface area contributed by atoms with Crippen molar-refractivity contribution in [2.75, 3.05) is 12.0 Å². The fourth-order valence-corrected chi connectivity index (χ4v) is 3.38. The molecule has 0 atom stereocenters. The lowest BCUT2D eigenvalue weighted by atomic mass is 10.2. The second-order valence-electron chi connectivity index (χ2n) is 2.96. The largest absolute Gasteiger partial charge is 0.398 e. The number of thiophene rings is 1. The molecule has 0 bridgehead atoms. The van der Waals surface area contributed by atoms with Crippen LogP contribution in [0.4, 0.5) is 5.69 Å². The van der Waals surface area contributed by atoms with Gasteiger partial charge in [-0.15, -0.1) is 23.1 Å². The molecular weight excluding hydrogens is 198 g/mol. The standard InChI is InChI=1S/C10H11NS2/c1-6-5-7-3-4-8(11)10(12-2)9(7)13-6/h3-5H,11H2,1-2H3. The van der Waals surface area contributed by atoms with E-state index in [0.29, 0.717) is 0 Å². The second-order valence-corrected chi connectivity index (χ2v) is 5.04. The number of fused-ring (bicyclic) bond motifs is 1. The fraction of sp³-hybridized carbons (Fsp3) is 0.200. The van der Waals surface area contributed by atoms with Crippen molar-refractivity contribution in [2.24, 2.45) is 0 Å². The van der Waals surface area contributed by atoms with Crippen LogP contribution in [0.15, 0.2) is 23.1 Å². The van der Waals surface area contributed by atoms with Gasteiger partial charge in [0.2, 0.25) is 0 Å². The molecule has 2 rings (SSSR count). The first-order valence-corrected chi connectivity index (χ1v) is 6.09. The number of hydrogen-bond donors (Lipinski definition) is 1. The maximum atomic E-state index is 5.89. The van der Waals surface area contributed by atoms with E-state index in [2.05, 4.69) is 25.3 Å². The zero-order valence-electron chi connectivity index (χ0n) is 7.63.